The Morgan fingerprint density at radius 1 is 0.969 bits per heavy atom. The van der Waals surface area contributed by atoms with Gasteiger partial charge in [-0.05, 0) is 83.1 Å². The number of halogens is 1. The molecule has 0 bridgehead atoms. The normalized spacial score (nSPS) is 29.4. The van der Waals surface area contributed by atoms with E-state index < -0.39 is 7.59 Å². The number of thioether (sulfide) groups is 2. The molecule has 3 aliphatic rings. The first-order valence-electron chi connectivity index (χ1n) is 12.2. The highest BCUT2D eigenvalue weighted by Crippen LogP contribution is 2.65. The van der Waals surface area contributed by atoms with Gasteiger partial charge in [0.05, 0.1) is 10.1 Å². The Morgan fingerprint density at radius 3 is 1.94 bits per heavy atom. The molecule has 2 saturated heterocycles. The fourth-order valence-corrected chi connectivity index (χ4v) is 13.2. The smallest absolute Gasteiger partial charge is 0.270 e. The van der Waals surface area contributed by atoms with Gasteiger partial charge >= 0.3 is 0 Å². The number of rotatable bonds is 6. The summed E-state index contributed by atoms with van der Waals surface area (Å²) < 4.78 is 19.9. The van der Waals surface area contributed by atoms with Crippen LogP contribution in [0.5, 0.6) is 0 Å². The van der Waals surface area contributed by atoms with Crippen LogP contribution < -0.4 is 5.09 Å². The molecule has 0 aromatic heterocycles. The first-order valence-corrected chi connectivity index (χ1v) is 16.1. The maximum absolute atomic E-state index is 15.3. The van der Waals surface area contributed by atoms with Crippen molar-refractivity contribution in [2.75, 3.05) is 11.5 Å². The third-order valence-electron chi connectivity index (χ3n) is 7.15. The summed E-state index contributed by atoms with van der Waals surface area (Å²) in [6.45, 7) is 11.2. The first kappa shape index (κ1) is 25.4. The summed E-state index contributed by atoms with van der Waals surface area (Å²) in [5.74, 6) is 2.29. The summed E-state index contributed by atoms with van der Waals surface area (Å²) in [7, 11) is -2.99. The van der Waals surface area contributed by atoms with E-state index in [2.05, 4.69) is 61.2 Å². The van der Waals surface area contributed by atoms with Crippen LogP contribution in [0.15, 0.2) is 24.3 Å². The lowest BCUT2D eigenvalue weighted by atomic mass is 9.89. The average molecular weight is 516 g/mol. The zero-order valence-corrected chi connectivity index (χ0v) is 23.4. The van der Waals surface area contributed by atoms with Crippen molar-refractivity contribution in [1.29, 1.82) is 0 Å². The Labute approximate surface area is 208 Å². The van der Waals surface area contributed by atoms with Crippen LogP contribution in [0.2, 0.25) is 5.02 Å². The Kier molecular flexibility index (Phi) is 8.04. The number of fused-ring (bicyclic) bond motifs is 1. The topological polar surface area (TPSA) is 35.6 Å². The molecule has 4 rings (SSSR count). The van der Waals surface area contributed by atoms with Crippen LogP contribution in [0.25, 0.3) is 0 Å². The van der Waals surface area contributed by atoms with Crippen molar-refractivity contribution in [3.05, 3.63) is 34.9 Å². The summed E-state index contributed by atoms with van der Waals surface area (Å²) in [5, 5.41) is 4.62. The summed E-state index contributed by atoms with van der Waals surface area (Å²) in [6, 6.07) is 9.36. The van der Waals surface area contributed by atoms with Crippen LogP contribution in [-0.2, 0) is 4.57 Å². The van der Waals surface area contributed by atoms with Crippen LogP contribution in [-0.4, -0.2) is 49.1 Å². The van der Waals surface area contributed by atoms with Gasteiger partial charge in [-0.2, -0.15) is 0 Å². The summed E-state index contributed by atoms with van der Waals surface area (Å²) >= 11 is 10.3. The molecule has 0 spiro atoms. The van der Waals surface area contributed by atoms with Gasteiger partial charge in [0, 0.05) is 29.2 Å². The Morgan fingerprint density at radius 2 is 1.47 bits per heavy atom. The van der Waals surface area contributed by atoms with Crippen molar-refractivity contribution in [2.45, 2.75) is 101 Å². The molecule has 2 aliphatic heterocycles. The van der Waals surface area contributed by atoms with Crippen molar-refractivity contribution in [1.82, 2.24) is 14.4 Å². The van der Waals surface area contributed by atoms with Gasteiger partial charge in [-0.1, -0.05) is 36.6 Å². The highest BCUT2D eigenvalue weighted by atomic mass is 35.5. The van der Waals surface area contributed by atoms with E-state index in [9.17, 15) is 0 Å². The van der Waals surface area contributed by atoms with E-state index in [0.29, 0.717) is 12.1 Å². The standard InChI is InChI=1S/C24H39ClN3OPS2/c1-17(2)27-21-9-6-7-10-22(21)28(18(3)4)30(27,29)26-23(19-11-13-20(25)14-12-19)24(5)31-15-8-16-32-24/h11-14,17-18,21-23H,6-10,15-16H2,1-5H3,(H,26,29)/t21-,22-,23-/m1/s1. The maximum atomic E-state index is 15.3. The van der Waals surface area contributed by atoms with Crippen LogP contribution in [0.3, 0.4) is 0 Å². The summed E-state index contributed by atoms with van der Waals surface area (Å²) in [4.78, 5) is 0. The van der Waals surface area contributed by atoms with Gasteiger partial charge in [0.1, 0.15) is 0 Å². The van der Waals surface area contributed by atoms with E-state index in [1.807, 2.05) is 35.7 Å². The molecule has 3 fully saturated rings. The van der Waals surface area contributed by atoms with Gasteiger partial charge in [-0.3, -0.25) is 4.57 Å². The zero-order chi connectivity index (χ0) is 23.1. The van der Waals surface area contributed by atoms with E-state index >= 15 is 4.57 Å². The van der Waals surface area contributed by atoms with Crippen molar-refractivity contribution in [3.63, 3.8) is 0 Å². The van der Waals surface area contributed by atoms with E-state index in [1.54, 1.807) is 0 Å². The minimum atomic E-state index is -2.99. The Balaban J connectivity index is 1.79. The molecular weight excluding hydrogens is 477 g/mol. The Hall–Kier alpha value is 0.320. The van der Waals surface area contributed by atoms with E-state index in [4.69, 9.17) is 11.6 Å². The highest BCUT2D eigenvalue weighted by Gasteiger charge is 2.58. The van der Waals surface area contributed by atoms with Crippen molar-refractivity contribution >= 4 is 42.7 Å². The third kappa shape index (κ3) is 4.72. The van der Waals surface area contributed by atoms with Crippen LogP contribution in [0.1, 0.15) is 78.3 Å². The second-order valence-corrected chi connectivity index (χ2v) is 16.1. The van der Waals surface area contributed by atoms with Crippen molar-refractivity contribution < 1.29 is 4.57 Å². The Bertz CT molecular complexity index is 803. The largest absolute Gasteiger partial charge is 0.285 e. The SMILES string of the molecule is CC(C)N1[C@@H]2CCCC[C@H]2N(C(C)C)P1(=O)N[C@H](c1ccc(Cl)cc1)C1(C)SCCCS1. The van der Waals surface area contributed by atoms with Gasteiger partial charge in [0.2, 0.25) is 0 Å². The molecule has 32 heavy (non-hydrogen) atoms. The van der Waals surface area contributed by atoms with Gasteiger partial charge in [-0.15, -0.1) is 23.5 Å². The molecule has 180 valence electrons. The van der Waals surface area contributed by atoms with Crippen molar-refractivity contribution in [3.8, 4) is 0 Å². The molecule has 0 amide bonds. The second-order valence-electron chi connectivity index (χ2n) is 10.1. The van der Waals surface area contributed by atoms with Gasteiger partial charge in [0.25, 0.3) is 7.59 Å². The molecule has 3 atom stereocenters. The molecule has 8 heteroatoms. The lowest BCUT2D eigenvalue weighted by Gasteiger charge is -2.45. The number of hydrogen-bond donors (Lipinski definition) is 1. The average Bonchev–Trinajstić information content (AvgIpc) is 3.01. The molecule has 0 radical (unpaired) electrons. The zero-order valence-electron chi connectivity index (χ0n) is 20.1. The van der Waals surface area contributed by atoms with Crippen LogP contribution in [0, 0.1) is 0 Å². The second kappa shape index (κ2) is 10.1. The van der Waals surface area contributed by atoms with E-state index in [0.717, 1.165) is 29.4 Å². The predicted molar refractivity (Wildman–Crippen MR) is 143 cm³/mol. The van der Waals surface area contributed by atoms with E-state index in [-0.39, 0.29) is 22.2 Å². The molecule has 1 saturated carbocycles. The molecule has 2 heterocycles. The quantitative estimate of drug-likeness (QED) is 0.397. The molecular formula is C24H39ClN3OPS2. The molecule has 1 N–H and O–H groups in total. The van der Waals surface area contributed by atoms with Gasteiger partial charge < -0.3 is 0 Å². The van der Waals surface area contributed by atoms with Crippen LogP contribution in [0.4, 0.5) is 0 Å². The first-order chi connectivity index (χ1) is 15.2. The third-order valence-corrected chi connectivity index (χ3v) is 14.1. The van der Waals surface area contributed by atoms with E-state index in [1.165, 1.54) is 24.8 Å². The number of nitrogens with zero attached hydrogens (tertiary/aromatic N) is 2. The molecule has 0 unspecified atom stereocenters. The fourth-order valence-electron chi connectivity index (χ4n) is 5.89. The molecule has 1 aliphatic carbocycles. The maximum Gasteiger partial charge on any atom is 0.285 e. The molecule has 1 aromatic carbocycles. The van der Waals surface area contributed by atoms with Gasteiger partial charge in [0.15, 0.2) is 0 Å². The lowest BCUT2D eigenvalue weighted by molar-refractivity contribution is 0.173. The predicted octanol–water partition coefficient (Wildman–Crippen LogP) is 7.41. The van der Waals surface area contributed by atoms with Crippen molar-refractivity contribution in [2.24, 2.45) is 0 Å². The number of nitrogens with one attached hydrogen (secondary N) is 1. The minimum Gasteiger partial charge on any atom is -0.270 e. The molecule has 4 nitrogen and oxygen atoms in total. The molecule has 1 aromatic rings. The number of benzene rings is 1. The minimum absolute atomic E-state index is 0.0245. The monoisotopic (exact) mass is 515 g/mol. The number of hydrogen-bond acceptors (Lipinski definition) is 3. The lowest BCUT2D eigenvalue weighted by Crippen LogP contribution is -2.44. The van der Waals surface area contributed by atoms with Crippen LogP contribution >= 0.6 is 42.7 Å². The summed E-state index contributed by atoms with van der Waals surface area (Å²) in [6.07, 6.45) is 5.99. The fraction of sp³-hybridized carbons (Fsp3) is 0.750. The van der Waals surface area contributed by atoms with Gasteiger partial charge in [-0.25, -0.2) is 14.4 Å². The summed E-state index contributed by atoms with van der Waals surface area (Å²) in [5.41, 5.74) is 1.18. The highest BCUT2D eigenvalue weighted by molar-refractivity contribution is 8.18.